The van der Waals surface area contributed by atoms with Crippen molar-refractivity contribution < 1.29 is 14.1 Å². The van der Waals surface area contributed by atoms with Crippen LogP contribution in [0.3, 0.4) is 0 Å². The van der Waals surface area contributed by atoms with Crippen LogP contribution in [0.4, 0.5) is 5.82 Å². The molecular formula is C24H23ClN4O3. The number of benzene rings is 2. The highest BCUT2D eigenvalue weighted by molar-refractivity contribution is 6.33. The van der Waals surface area contributed by atoms with Gasteiger partial charge in [0.25, 0.3) is 5.91 Å². The summed E-state index contributed by atoms with van der Waals surface area (Å²) in [5.74, 6) is 1.40. The van der Waals surface area contributed by atoms with Gasteiger partial charge in [-0.1, -0.05) is 46.6 Å². The zero-order chi connectivity index (χ0) is 22.7. The predicted molar refractivity (Wildman–Crippen MR) is 122 cm³/mol. The number of amides is 1. The van der Waals surface area contributed by atoms with Crippen LogP contribution in [-0.2, 0) is 13.2 Å². The maximum absolute atomic E-state index is 12.6. The van der Waals surface area contributed by atoms with Gasteiger partial charge in [0.2, 0.25) is 0 Å². The van der Waals surface area contributed by atoms with Gasteiger partial charge < -0.3 is 14.6 Å². The Morgan fingerprint density at radius 3 is 2.62 bits per heavy atom. The molecule has 4 aromatic rings. The molecule has 2 heterocycles. The fourth-order valence-corrected chi connectivity index (χ4v) is 3.50. The number of anilines is 1. The highest BCUT2D eigenvalue weighted by atomic mass is 35.5. The van der Waals surface area contributed by atoms with Gasteiger partial charge in [-0.25, -0.2) is 0 Å². The van der Waals surface area contributed by atoms with Crippen molar-refractivity contribution in [1.82, 2.24) is 14.9 Å². The fraction of sp³-hybridized carbons (Fsp3) is 0.208. The largest absolute Gasteiger partial charge is 0.489 e. The molecule has 7 nitrogen and oxygen atoms in total. The number of ether oxygens (including phenoxy) is 1. The number of rotatable bonds is 7. The second-order valence-electron chi connectivity index (χ2n) is 7.58. The normalized spacial score (nSPS) is 10.9. The van der Waals surface area contributed by atoms with Crippen molar-refractivity contribution in [2.75, 3.05) is 5.32 Å². The van der Waals surface area contributed by atoms with Crippen LogP contribution < -0.4 is 10.1 Å². The lowest BCUT2D eigenvalue weighted by Crippen LogP contribution is -2.13. The zero-order valence-corrected chi connectivity index (χ0v) is 18.8. The maximum atomic E-state index is 12.6. The lowest BCUT2D eigenvalue weighted by Gasteiger charge is -2.07. The van der Waals surface area contributed by atoms with Gasteiger partial charge >= 0.3 is 0 Å². The molecule has 8 heteroatoms. The molecule has 0 aliphatic heterocycles. The molecule has 0 saturated heterocycles. The van der Waals surface area contributed by atoms with E-state index in [2.05, 4.69) is 21.6 Å². The predicted octanol–water partition coefficient (Wildman–Crippen LogP) is 5.33. The first-order valence-electron chi connectivity index (χ1n) is 10.1. The molecule has 0 fully saturated rings. The van der Waals surface area contributed by atoms with Gasteiger partial charge in [0.15, 0.2) is 5.82 Å². The van der Waals surface area contributed by atoms with E-state index in [0.717, 1.165) is 22.6 Å². The van der Waals surface area contributed by atoms with Crippen molar-refractivity contribution in [3.8, 4) is 5.75 Å². The quantitative estimate of drug-likeness (QED) is 0.411. The number of nitrogens with zero attached hydrogens (tertiary/aromatic N) is 3. The molecule has 0 unspecified atom stereocenters. The Morgan fingerprint density at radius 2 is 1.94 bits per heavy atom. The van der Waals surface area contributed by atoms with Crippen LogP contribution in [0.2, 0.25) is 5.02 Å². The van der Waals surface area contributed by atoms with Crippen LogP contribution in [0.25, 0.3) is 0 Å². The molecule has 164 valence electrons. The number of carbonyl (C=O) groups excluding carboxylic acids is 1. The van der Waals surface area contributed by atoms with Gasteiger partial charge in [0, 0.05) is 11.8 Å². The van der Waals surface area contributed by atoms with Crippen molar-refractivity contribution in [3.63, 3.8) is 0 Å². The third kappa shape index (κ3) is 5.00. The molecule has 0 aliphatic rings. The summed E-state index contributed by atoms with van der Waals surface area (Å²) in [6, 6.07) is 15.0. The molecule has 0 saturated carbocycles. The minimum Gasteiger partial charge on any atom is -0.489 e. The summed E-state index contributed by atoms with van der Waals surface area (Å²) in [5.41, 5.74) is 4.47. The summed E-state index contributed by atoms with van der Waals surface area (Å²) >= 11 is 6.28. The molecule has 4 rings (SSSR count). The third-order valence-electron chi connectivity index (χ3n) is 5.06. The zero-order valence-electron chi connectivity index (χ0n) is 18.1. The molecule has 1 amide bonds. The minimum absolute atomic E-state index is 0.301. The number of nitrogens with one attached hydrogen (secondary N) is 1. The van der Waals surface area contributed by atoms with E-state index in [1.54, 1.807) is 35.1 Å². The lowest BCUT2D eigenvalue weighted by atomic mass is 10.1. The Morgan fingerprint density at radius 1 is 1.16 bits per heavy atom. The van der Waals surface area contributed by atoms with Crippen LogP contribution in [0.5, 0.6) is 5.75 Å². The number of halogens is 1. The molecule has 2 aromatic carbocycles. The van der Waals surface area contributed by atoms with E-state index >= 15 is 0 Å². The number of hydrogen-bond acceptors (Lipinski definition) is 5. The van der Waals surface area contributed by atoms with E-state index in [1.165, 1.54) is 5.56 Å². The van der Waals surface area contributed by atoms with Gasteiger partial charge in [-0.15, -0.1) is 0 Å². The van der Waals surface area contributed by atoms with Gasteiger partial charge in [-0.05, 0) is 50.6 Å². The molecule has 0 bridgehead atoms. The molecule has 0 spiro atoms. The average Bonchev–Trinajstić information content (AvgIpc) is 3.27. The first-order valence-corrected chi connectivity index (χ1v) is 10.5. The van der Waals surface area contributed by atoms with E-state index in [-0.39, 0.29) is 5.91 Å². The van der Waals surface area contributed by atoms with E-state index in [1.807, 2.05) is 39.0 Å². The number of aromatic nitrogens is 3. The second-order valence-corrected chi connectivity index (χ2v) is 7.99. The van der Waals surface area contributed by atoms with Crippen LogP contribution >= 0.6 is 11.6 Å². The standard InChI is InChI=1S/C24H23ClN4O3/c1-15-5-4-6-18(11-15)12-29-13-22(25)23(27-29)26-24(30)19-7-9-20(10-8-19)31-14-21-16(2)28-32-17(21)3/h4-11,13H,12,14H2,1-3H3,(H,26,27,30). The number of carbonyl (C=O) groups is 1. The van der Waals surface area contributed by atoms with Crippen molar-refractivity contribution >= 4 is 23.3 Å². The van der Waals surface area contributed by atoms with Crippen LogP contribution in [0, 0.1) is 20.8 Å². The van der Waals surface area contributed by atoms with Crippen LogP contribution in [-0.4, -0.2) is 20.8 Å². The molecule has 32 heavy (non-hydrogen) atoms. The topological polar surface area (TPSA) is 82.2 Å². The van der Waals surface area contributed by atoms with Crippen molar-refractivity contribution in [3.05, 3.63) is 93.5 Å². The van der Waals surface area contributed by atoms with E-state index < -0.39 is 0 Å². The number of hydrogen-bond donors (Lipinski definition) is 1. The maximum Gasteiger partial charge on any atom is 0.256 e. The second kappa shape index (κ2) is 9.28. The average molecular weight is 451 g/mol. The van der Waals surface area contributed by atoms with Crippen LogP contribution in [0.15, 0.2) is 59.3 Å². The first-order chi connectivity index (χ1) is 15.4. The van der Waals surface area contributed by atoms with Crippen molar-refractivity contribution in [2.24, 2.45) is 0 Å². The number of aryl methyl sites for hydroxylation is 3. The van der Waals surface area contributed by atoms with Crippen molar-refractivity contribution in [2.45, 2.75) is 33.9 Å². The minimum atomic E-state index is -0.301. The van der Waals surface area contributed by atoms with Gasteiger partial charge in [0.05, 0.1) is 17.8 Å². The van der Waals surface area contributed by atoms with Gasteiger partial charge in [-0.3, -0.25) is 9.48 Å². The van der Waals surface area contributed by atoms with E-state index in [4.69, 9.17) is 20.9 Å². The molecule has 0 radical (unpaired) electrons. The summed E-state index contributed by atoms with van der Waals surface area (Å²) in [6.07, 6.45) is 1.70. The summed E-state index contributed by atoms with van der Waals surface area (Å²) in [5, 5.41) is 11.5. The molecule has 0 atom stereocenters. The Balaban J connectivity index is 1.38. The Kier molecular flexibility index (Phi) is 6.28. The van der Waals surface area contributed by atoms with Crippen LogP contribution in [0.1, 0.15) is 38.5 Å². The SMILES string of the molecule is Cc1cccc(Cn2cc(Cl)c(NC(=O)c3ccc(OCc4c(C)noc4C)cc3)n2)c1. The lowest BCUT2D eigenvalue weighted by molar-refractivity contribution is 0.102. The highest BCUT2D eigenvalue weighted by Gasteiger charge is 2.14. The fourth-order valence-electron chi connectivity index (χ4n) is 3.31. The Labute approximate surface area is 190 Å². The Bertz CT molecular complexity index is 1230. The van der Waals surface area contributed by atoms with E-state index in [9.17, 15) is 4.79 Å². The van der Waals surface area contributed by atoms with Gasteiger partial charge in [0.1, 0.15) is 23.1 Å². The van der Waals surface area contributed by atoms with Crippen molar-refractivity contribution in [1.29, 1.82) is 0 Å². The molecular weight excluding hydrogens is 428 g/mol. The first kappa shape index (κ1) is 21.6. The van der Waals surface area contributed by atoms with E-state index in [0.29, 0.717) is 35.3 Å². The van der Waals surface area contributed by atoms with Gasteiger partial charge in [-0.2, -0.15) is 5.10 Å². The Hall–Kier alpha value is -3.58. The summed E-state index contributed by atoms with van der Waals surface area (Å²) < 4.78 is 12.6. The summed E-state index contributed by atoms with van der Waals surface area (Å²) in [7, 11) is 0. The summed E-state index contributed by atoms with van der Waals surface area (Å²) in [6.45, 7) is 6.67. The summed E-state index contributed by atoms with van der Waals surface area (Å²) in [4.78, 5) is 12.6. The third-order valence-corrected chi connectivity index (χ3v) is 5.33. The smallest absolute Gasteiger partial charge is 0.256 e. The molecule has 1 N–H and O–H groups in total. The monoisotopic (exact) mass is 450 g/mol. The molecule has 2 aromatic heterocycles. The molecule has 0 aliphatic carbocycles. The highest BCUT2D eigenvalue weighted by Crippen LogP contribution is 2.22.